The Bertz CT molecular complexity index is 3420. The highest BCUT2D eigenvalue weighted by Gasteiger charge is 2.28. The van der Waals surface area contributed by atoms with Gasteiger partial charge in [-0.3, -0.25) is 0 Å². The van der Waals surface area contributed by atoms with Crippen molar-refractivity contribution in [1.29, 1.82) is 0 Å². The first-order valence-corrected chi connectivity index (χ1v) is 20.8. The largest absolute Gasteiger partial charge is 0.306 e. The summed E-state index contributed by atoms with van der Waals surface area (Å²) >= 11 is 5.65. The third-order valence-corrected chi connectivity index (χ3v) is 12.9. The van der Waals surface area contributed by atoms with Crippen LogP contribution in [0.2, 0.25) is 0 Å². The van der Waals surface area contributed by atoms with Crippen molar-refractivity contribution in [2.75, 3.05) is 0 Å². The SMILES string of the molecule is Brc1ccc2sc3c(-n4c5ccccc5c5ccccc54)c(-n4c5ccccc5c5ccccc54)c(-c4nc(-c5ccccc5)nc(-c5ccccc5)n4)cc3c2c1. The van der Waals surface area contributed by atoms with E-state index in [1.165, 1.54) is 36.3 Å². The van der Waals surface area contributed by atoms with Crippen LogP contribution in [0.25, 0.3) is 109 Å². The number of nitrogens with zero attached hydrogens (tertiary/aromatic N) is 5. The van der Waals surface area contributed by atoms with E-state index in [9.17, 15) is 0 Å². The molecule has 0 saturated carbocycles. The fraction of sp³-hybridized carbons (Fsp3) is 0. The molecule has 0 spiro atoms. The maximum atomic E-state index is 5.42. The molecular weight excluding hydrogens is 795 g/mol. The average molecular weight is 825 g/mol. The minimum Gasteiger partial charge on any atom is -0.306 e. The Hall–Kier alpha value is -6.93. The van der Waals surface area contributed by atoms with Gasteiger partial charge in [-0.1, -0.05) is 149 Å². The molecule has 0 aliphatic heterocycles. The molecule has 0 amide bonds. The molecule has 4 heterocycles. The zero-order valence-electron chi connectivity index (χ0n) is 30.8. The number of aromatic nitrogens is 5. The molecular formula is C51H30BrN5S. The molecule has 5 nitrogen and oxygen atoms in total. The van der Waals surface area contributed by atoms with E-state index in [4.69, 9.17) is 15.0 Å². The summed E-state index contributed by atoms with van der Waals surface area (Å²) in [5.41, 5.74) is 9.33. The van der Waals surface area contributed by atoms with Crippen molar-refractivity contribution >= 4 is 91.1 Å². The van der Waals surface area contributed by atoms with Gasteiger partial charge in [-0.15, -0.1) is 11.3 Å². The molecule has 4 aromatic heterocycles. The summed E-state index contributed by atoms with van der Waals surface area (Å²) in [5, 5.41) is 7.08. The van der Waals surface area contributed by atoms with Gasteiger partial charge in [0.25, 0.3) is 0 Å². The van der Waals surface area contributed by atoms with E-state index >= 15 is 0 Å². The van der Waals surface area contributed by atoms with Gasteiger partial charge < -0.3 is 9.13 Å². The minimum atomic E-state index is 0.600. The Balaban J connectivity index is 1.35. The third-order valence-electron chi connectivity index (χ3n) is 11.2. The van der Waals surface area contributed by atoms with E-state index in [2.05, 4.69) is 171 Å². The lowest BCUT2D eigenvalue weighted by Crippen LogP contribution is -2.08. The summed E-state index contributed by atoms with van der Waals surface area (Å²) in [6.45, 7) is 0. The topological polar surface area (TPSA) is 48.5 Å². The summed E-state index contributed by atoms with van der Waals surface area (Å²) in [6, 6.07) is 64.4. The molecule has 0 N–H and O–H groups in total. The van der Waals surface area contributed by atoms with Crippen molar-refractivity contribution < 1.29 is 0 Å². The van der Waals surface area contributed by atoms with Gasteiger partial charge in [-0.05, 0) is 48.5 Å². The number of fused-ring (bicyclic) bond motifs is 9. The quantitative estimate of drug-likeness (QED) is 0.174. The lowest BCUT2D eigenvalue weighted by molar-refractivity contribution is 1.06. The van der Waals surface area contributed by atoms with Gasteiger partial charge in [0.2, 0.25) is 0 Å². The molecule has 0 saturated heterocycles. The molecule has 0 aliphatic carbocycles. The van der Waals surface area contributed by atoms with Crippen molar-refractivity contribution in [2.45, 2.75) is 0 Å². The van der Waals surface area contributed by atoms with Crippen LogP contribution in [-0.2, 0) is 0 Å². The summed E-state index contributed by atoms with van der Waals surface area (Å²) in [4.78, 5) is 16.0. The van der Waals surface area contributed by atoms with Crippen LogP contribution < -0.4 is 0 Å². The van der Waals surface area contributed by atoms with E-state index in [1.54, 1.807) is 0 Å². The Morgan fingerprint density at radius 2 is 0.810 bits per heavy atom. The van der Waals surface area contributed by atoms with Gasteiger partial charge in [0.15, 0.2) is 17.5 Å². The summed E-state index contributed by atoms with van der Waals surface area (Å²) in [5.74, 6) is 1.84. The first kappa shape index (κ1) is 33.2. The Labute approximate surface area is 345 Å². The van der Waals surface area contributed by atoms with Crippen LogP contribution in [0, 0.1) is 0 Å². The van der Waals surface area contributed by atoms with E-state index in [-0.39, 0.29) is 0 Å². The maximum absolute atomic E-state index is 5.42. The molecule has 0 unspecified atom stereocenters. The molecule has 0 aliphatic rings. The predicted molar refractivity (Wildman–Crippen MR) is 245 cm³/mol. The molecule has 0 radical (unpaired) electrons. The van der Waals surface area contributed by atoms with Gasteiger partial charge in [0.1, 0.15) is 0 Å². The van der Waals surface area contributed by atoms with Crippen molar-refractivity contribution in [1.82, 2.24) is 24.1 Å². The Morgan fingerprint density at radius 1 is 0.379 bits per heavy atom. The van der Waals surface area contributed by atoms with E-state index in [0.29, 0.717) is 17.5 Å². The normalized spacial score (nSPS) is 11.9. The van der Waals surface area contributed by atoms with Gasteiger partial charge >= 0.3 is 0 Å². The molecule has 0 fully saturated rings. The lowest BCUT2D eigenvalue weighted by atomic mass is 10.0. The predicted octanol–water partition coefficient (Wildman–Crippen LogP) is 14.2. The van der Waals surface area contributed by atoms with Crippen LogP contribution in [-0.4, -0.2) is 24.1 Å². The van der Waals surface area contributed by atoms with Crippen LogP contribution >= 0.6 is 27.3 Å². The number of halogens is 1. The molecule has 12 aromatic rings. The fourth-order valence-corrected chi connectivity index (χ4v) is 10.3. The summed E-state index contributed by atoms with van der Waals surface area (Å²) < 4.78 is 8.35. The molecule has 58 heavy (non-hydrogen) atoms. The second kappa shape index (κ2) is 13.1. The van der Waals surface area contributed by atoms with Crippen LogP contribution in [0.4, 0.5) is 0 Å². The van der Waals surface area contributed by atoms with Crippen molar-refractivity contribution in [2.24, 2.45) is 0 Å². The minimum absolute atomic E-state index is 0.600. The first-order valence-electron chi connectivity index (χ1n) is 19.2. The second-order valence-corrected chi connectivity index (χ2v) is 16.5. The van der Waals surface area contributed by atoms with Crippen LogP contribution in [0.1, 0.15) is 0 Å². The fourth-order valence-electron chi connectivity index (χ4n) is 8.72. The highest BCUT2D eigenvalue weighted by Crippen LogP contribution is 2.49. The molecule has 272 valence electrons. The van der Waals surface area contributed by atoms with Crippen LogP contribution in [0.5, 0.6) is 0 Å². The van der Waals surface area contributed by atoms with E-state index in [0.717, 1.165) is 60.0 Å². The van der Waals surface area contributed by atoms with Crippen molar-refractivity contribution in [3.8, 4) is 45.5 Å². The first-order chi connectivity index (χ1) is 28.7. The molecule has 7 heteroatoms. The van der Waals surface area contributed by atoms with Gasteiger partial charge in [0, 0.05) is 58.2 Å². The molecule has 0 atom stereocenters. The second-order valence-electron chi connectivity index (χ2n) is 14.5. The van der Waals surface area contributed by atoms with Gasteiger partial charge in [-0.25, -0.2) is 15.0 Å². The zero-order valence-corrected chi connectivity index (χ0v) is 33.2. The number of benzene rings is 8. The highest BCUT2D eigenvalue weighted by atomic mass is 79.9. The monoisotopic (exact) mass is 823 g/mol. The number of thiophene rings is 1. The summed E-state index contributed by atoms with van der Waals surface area (Å²) in [6.07, 6.45) is 0. The zero-order chi connectivity index (χ0) is 38.3. The smallest absolute Gasteiger partial charge is 0.166 e. The third kappa shape index (κ3) is 5.03. The van der Waals surface area contributed by atoms with Crippen molar-refractivity contribution in [3.63, 3.8) is 0 Å². The number of rotatable bonds is 5. The molecule has 12 rings (SSSR count). The van der Waals surface area contributed by atoms with Crippen LogP contribution in [0.3, 0.4) is 0 Å². The van der Waals surface area contributed by atoms with E-state index in [1.807, 2.05) is 47.7 Å². The number of hydrogen-bond acceptors (Lipinski definition) is 4. The number of hydrogen-bond donors (Lipinski definition) is 0. The van der Waals surface area contributed by atoms with E-state index < -0.39 is 0 Å². The van der Waals surface area contributed by atoms with Crippen molar-refractivity contribution in [3.05, 3.63) is 186 Å². The molecule has 0 bridgehead atoms. The Morgan fingerprint density at radius 3 is 1.31 bits per heavy atom. The molecule has 8 aromatic carbocycles. The van der Waals surface area contributed by atoms with Crippen LogP contribution in [0.15, 0.2) is 186 Å². The maximum Gasteiger partial charge on any atom is 0.166 e. The van der Waals surface area contributed by atoms with Gasteiger partial charge in [-0.2, -0.15) is 0 Å². The average Bonchev–Trinajstić information content (AvgIpc) is 3.94. The van der Waals surface area contributed by atoms with Gasteiger partial charge in [0.05, 0.1) is 38.1 Å². The lowest BCUT2D eigenvalue weighted by Gasteiger charge is -2.21. The standard InChI is InChI=1S/C51H30BrN5S/c52-33-27-28-45-38(29-33)39-30-40(51-54-49(31-15-3-1-4-16-31)53-50(55-51)32-17-5-2-6-18-32)46(56-41-23-11-7-19-34(41)35-20-8-12-24-42(35)56)47(48(39)58-45)57-43-25-13-9-21-36(43)37-22-10-14-26-44(37)57/h1-30H. The highest BCUT2D eigenvalue weighted by molar-refractivity contribution is 9.10. The summed E-state index contributed by atoms with van der Waals surface area (Å²) in [7, 11) is 0. The Kier molecular flexibility index (Phi) is 7.48. The number of para-hydroxylation sites is 4.